The highest BCUT2D eigenvalue weighted by Gasteiger charge is 2.64. The van der Waals surface area contributed by atoms with E-state index < -0.39 is 5.97 Å². The monoisotopic (exact) mass is 516 g/mol. The Kier molecular flexibility index (Phi) is 8.12. The van der Waals surface area contributed by atoms with Crippen LogP contribution in [0.4, 0.5) is 0 Å². The van der Waals surface area contributed by atoms with Crippen LogP contribution in [-0.2, 0) is 4.79 Å². The third-order valence-electron chi connectivity index (χ3n) is 13.6. The number of hydrogen-bond donors (Lipinski definition) is 3. The molecule has 37 heavy (non-hydrogen) atoms. The van der Waals surface area contributed by atoms with E-state index in [0.29, 0.717) is 46.8 Å². The summed E-state index contributed by atoms with van der Waals surface area (Å²) in [6.45, 7) is 9.85. The number of aliphatic hydroxyl groups is 2. The first kappa shape index (κ1) is 27.9. The highest BCUT2D eigenvalue weighted by Crippen LogP contribution is 2.69. The zero-order chi connectivity index (χ0) is 26.5. The molecule has 5 fully saturated rings. The van der Waals surface area contributed by atoms with Gasteiger partial charge in [0.25, 0.3) is 0 Å². The molecule has 6 unspecified atom stereocenters. The van der Waals surface area contributed by atoms with Gasteiger partial charge in [-0.1, -0.05) is 59.8 Å². The molecule has 0 aromatic rings. The van der Waals surface area contributed by atoms with Crippen molar-refractivity contribution in [3.63, 3.8) is 0 Å². The normalized spacial score (nSPS) is 50.5. The second-order valence-corrected chi connectivity index (χ2v) is 15.0. The Morgan fingerprint density at radius 1 is 0.919 bits per heavy atom. The molecule has 4 heteroatoms. The average molecular weight is 517 g/mol. The summed E-state index contributed by atoms with van der Waals surface area (Å²) in [6, 6.07) is 0. The number of hydrogen-bond acceptors (Lipinski definition) is 3. The van der Waals surface area contributed by atoms with Crippen LogP contribution >= 0.6 is 0 Å². The fourth-order valence-corrected chi connectivity index (χ4v) is 11.7. The molecule has 0 bridgehead atoms. The molecule has 5 aliphatic rings. The highest BCUT2D eigenvalue weighted by atomic mass is 16.4. The number of aliphatic carboxylic acids is 1. The van der Waals surface area contributed by atoms with Crippen molar-refractivity contribution in [2.45, 2.75) is 136 Å². The fraction of sp³-hybridized carbons (Fsp3) is 0.970. The number of fused-ring (bicyclic) bond motifs is 5. The van der Waals surface area contributed by atoms with Crippen LogP contribution < -0.4 is 0 Å². The van der Waals surface area contributed by atoms with Crippen molar-refractivity contribution in [2.75, 3.05) is 0 Å². The van der Waals surface area contributed by atoms with Crippen LogP contribution in [0, 0.1) is 64.1 Å². The third kappa shape index (κ3) is 4.72. The Morgan fingerprint density at radius 3 is 2.35 bits per heavy atom. The SMILES string of the molecule is CC[C@H]1[C@@H](O)C2C3CCC([C@H](C)CCCC4CCCCC4C(=O)O)[C@@]3(C)CCC2[C@@]2(C)CC[C@@H](O)C[C@@H]12. The molecule has 0 amide bonds. The van der Waals surface area contributed by atoms with Gasteiger partial charge in [0.1, 0.15) is 0 Å². The lowest BCUT2D eigenvalue weighted by molar-refractivity contribution is -0.203. The minimum atomic E-state index is -0.569. The zero-order valence-electron chi connectivity index (χ0n) is 24.2. The van der Waals surface area contributed by atoms with E-state index in [-0.39, 0.29) is 23.5 Å². The molecule has 0 aromatic carbocycles. The summed E-state index contributed by atoms with van der Waals surface area (Å²) in [7, 11) is 0. The summed E-state index contributed by atoms with van der Waals surface area (Å²) >= 11 is 0. The molecule has 3 N–H and O–H groups in total. The van der Waals surface area contributed by atoms with E-state index in [1.165, 1.54) is 44.9 Å². The van der Waals surface area contributed by atoms with Crippen LogP contribution in [0.2, 0.25) is 0 Å². The van der Waals surface area contributed by atoms with Gasteiger partial charge in [0.05, 0.1) is 18.1 Å². The zero-order valence-corrected chi connectivity index (χ0v) is 24.2. The topological polar surface area (TPSA) is 77.8 Å². The molecule has 5 rings (SSSR count). The van der Waals surface area contributed by atoms with Crippen molar-refractivity contribution in [3.05, 3.63) is 0 Å². The molecule has 0 spiro atoms. The van der Waals surface area contributed by atoms with E-state index in [1.807, 2.05) is 0 Å². The number of rotatable bonds is 7. The molecule has 13 atom stereocenters. The van der Waals surface area contributed by atoms with Crippen molar-refractivity contribution in [3.8, 4) is 0 Å². The van der Waals surface area contributed by atoms with Crippen LogP contribution in [0.3, 0.4) is 0 Å². The lowest BCUT2D eigenvalue weighted by atomic mass is 9.41. The van der Waals surface area contributed by atoms with Crippen molar-refractivity contribution in [1.29, 1.82) is 0 Å². The van der Waals surface area contributed by atoms with E-state index >= 15 is 0 Å². The van der Waals surface area contributed by atoms with Gasteiger partial charge < -0.3 is 15.3 Å². The molecule has 4 nitrogen and oxygen atoms in total. The van der Waals surface area contributed by atoms with E-state index in [9.17, 15) is 20.1 Å². The average Bonchev–Trinajstić information content (AvgIpc) is 3.22. The molecule has 5 aliphatic carbocycles. The maximum absolute atomic E-state index is 11.9. The fourth-order valence-electron chi connectivity index (χ4n) is 11.7. The Bertz CT molecular complexity index is 812. The highest BCUT2D eigenvalue weighted by molar-refractivity contribution is 5.70. The summed E-state index contributed by atoms with van der Waals surface area (Å²) < 4.78 is 0. The maximum Gasteiger partial charge on any atom is 0.306 e. The molecule has 0 saturated heterocycles. The van der Waals surface area contributed by atoms with Gasteiger partial charge in [-0.25, -0.2) is 0 Å². The van der Waals surface area contributed by atoms with Crippen molar-refractivity contribution < 1.29 is 20.1 Å². The number of carbonyl (C=O) groups is 1. The summed E-state index contributed by atoms with van der Waals surface area (Å²) in [5.74, 6) is 3.56. The standard InChI is InChI=1S/C33H56O4/c1-5-23-28-19-22(34)15-17-33(28,4)27-16-18-32(3)25(13-14-26(32)29(27)30(23)35)20(2)9-8-11-21-10-6-7-12-24(21)31(36)37/h20-30,34-35H,5-19H2,1-4H3,(H,36,37)/t20-,21?,22-,23-,24?,25?,26?,27?,28+,29?,30-,32-,33-/m1/s1. The van der Waals surface area contributed by atoms with Gasteiger partial charge in [-0.15, -0.1) is 0 Å². The Labute approximate surface area is 226 Å². The molecular weight excluding hydrogens is 460 g/mol. The first-order chi connectivity index (χ1) is 17.6. The number of carboxylic acid groups (broad SMARTS) is 1. The van der Waals surface area contributed by atoms with Crippen LogP contribution in [0.25, 0.3) is 0 Å². The first-order valence-electron chi connectivity index (χ1n) is 16.2. The lowest BCUT2D eigenvalue weighted by Crippen LogP contribution is -2.62. The van der Waals surface area contributed by atoms with E-state index in [0.717, 1.165) is 57.3 Å². The van der Waals surface area contributed by atoms with Crippen molar-refractivity contribution in [2.24, 2.45) is 64.1 Å². The molecule has 0 radical (unpaired) electrons. The summed E-state index contributed by atoms with van der Waals surface area (Å²) in [5, 5.41) is 32.1. The van der Waals surface area contributed by atoms with Crippen LogP contribution in [0.1, 0.15) is 124 Å². The van der Waals surface area contributed by atoms with Gasteiger partial charge in [-0.2, -0.15) is 0 Å². The van der Waals surface area contributed by atoms with Crippen LogP contribution in [0.5, 0.6) is 0 Å². The quantitative estimate of drug-likeness (QED) is 0.331. The first-order valence-corrected chi connectivity index (χ1v) is 16.2. The van der Waals surface area contributed by atoms with Gasteiger partial charge in [-0.05, 0) is 122 Å². The van der Waals surface area contributed by atoms with Gasteiger partial charge in [0, 0.05) is 0 Å². The number of aliphatic hydroxyl groups excluding tert-OH is 2. The smallest absolute Gasteiger partial charge is 0.306 e. The minimum Gasteiger partial charge on any atom is -0.481 e. The van der Waals surface area contributed by atoms with Crippen LogP contribution in [0.15, 0.2) is 0 Å². The van der Waals surface area contributed by atoms with Gasteiger partial charge >= 0.3 is 5.97 Å². The Morgan fingerprint density at radius 2 is 1.62 bits per heavy atom. The second kappa shape index (κ2) is 10.8. The second-order valence-electron chi connectivity index (χ2n) is 15.0. The van der Waals surface area contributed by atoms with Crippen molar-refractivity contribution >= 4 is 5.97 Å². The van der Waals surface area contributed by atoms with Gasteiger partial charge in [0.2, 0.25) is 0 Å². The molecule has 0 aliphatic heterocycles. The molecule has 0 aromatic heterocycles. The Balaban J connectivity index is 1.27. The van der Waals surface area contributed by atoms with E-state index in [4.69, 9.17) is 0 Å². The molecular formula is C33H56O4. The van der Waals surface area contributed by atoms with Gasteiger partial charge in [0.15, 0.2) is 0 Å². The molecule has 0 heterocycles. The molecule has 212 valence electrons. The van der Waals surface area contributed by atoms with E-state index in [1.54, 1.807) is 0 Å². The van der Waals surface area contributed by atoms with Crippen LogP contribution in [-0.4, -0.2) is 33.5 Å². The summed E-state index contributed by atoms with van der Waals surface area (Å²) in [5.41, 5.74) is 0.598. The Hall–Kier alpha value is -0.610. The number of carboxylic acids is 1. The van der Waals surface area contributed by atoms with Gasteiger partial charge in [-0.3, -0.25) is 4.79 Å². The predicted octanol–water partition coefficient (Wildman–Crippen LogP) is 7.31. The third-order valence-corrected chi connectivity index (χ3v) is 13.6. The lowest BCUT2D eigenvalue weighted by Gasteiger charge is -2.64. The summed E-state index contributed by atoms with van der Waals surface area (Å²) in [6.07, 6.45) is 16.5. The van der Waals surface area contributed by atoms with E-state index in [2.05, 4.69) is 27.7 Å². The maximum atomic E-state index is 11.9. The van der Waals surface area contributed by atoms with Crippen molar-refractivity contribution in [1.82, 2.24) is 0 Å². The summed E-state index contributed by atoms with van der Waals surface area (Å²) in [4.78, 5) is 11.8. The minimum absolute atomic E-state index is 0.113. The predicted molar refractivity (Wildman–Crippen MR) is 148 cm³/mol. The largest absolute Gasteiger partial charge is 0.481 e. The molecule has 5 saturated carbocycles.